The minimum absolute atomic E-state index is 0.302. The Balaban J connectivity index is 2.66. The Kier molecular flexibility index (Phi) is 2.82. The predicted octanol–water partition coefficient (Wildman–Crippen LogP) is 2.57. The summed E-state index contributed by atoms with van der Waals surface area (Å²) < 4.78 is 19.4. The summed E-state index contributed by atoms with van der Waals surface area (Å²) in [5.41, 5.74) is 6.26. The van der Waals surface area contributed by atoms with Crippen LogP contribution in [-0.2, 0) is 0 Å². The zero-order chi connectivity index (χ0) is 11.7. The van der Waals surface area contributed by atoms with Gasteiger partial charge in [0.25, 0.3) is 0 Å². The van der Waals surface area contributed by atoms with Crippen LogP contribution in [0, 0.1) is 5.82 Å². The number of benzene rings is 1. The molecule has 0 fully saturated rings. The number of hydrogen-bond donors (Lipinski definition) is 2. The van der Waals surface area contributed by atoms with Crippen molar-refractivity contribution in [2.75, 3.05) is 12.8 Å². The molecule has 0 unspecified atom stereocenters. The van der Waals surface area contributed by atoms with E-state index in [0.29, 0.717) is 27.3 Å². The van der Waals surface area contributed by atoms with E-state index >= 15 is 0 Å². The second-order valence-electron chi connectivity index (χ2n) is 3.15. The van der Waals surface area contributed by atoms with Crippen LogP contribution in [0.1, 0.15) is 0 Å². The summed E-state index contributed by atoms with van der Waals surface area (Å²) in [6.45, 7) is 0. The summed E-state index contributed by atoms with van der Waals surface area (Å²) in [5, 5.41) is 6.40. The topological polar surface area (TPSA) is 63.9 Å². The first-order valence-electron chi connectivity index (χ1n) is 4.46. The van der Waals surface area contributed by atoms with Crippen LogP contribution in [0.15, 0.2) is 22.7 Å². The lowest BCUT2D eigenvalue weighted by molar-refractivity contribution is 0.413. The standard InChI is InChI=1S/C10H9BrFN3O/c1-16-7-3-2-5(11)10(12)9(7)6-4-8(13)15-14-6/h2-4H,1H3,(H3,13,14,15). The second kappa shape index (κ2) is 4.13. The molecule has 3 N–H and O–H groups in total. The van der Waals surface area contributed by atoms with Gasteiger partial charge in [-0.25, -0.2) is 4.39 Å². The molecule has 0 atom stereocenters. The SMILES string of the molecule is COc1ccc(Br)c(F)c1-c1cc(N)n[nH]1. The lowest BCUT2D eigenvalue weighted by atomic mass is 10.1. The fraction of sp³-hybridized carbons (Fsp3) is 0.100. The van der Waals surface area contributed by atoms with E-state index in [-0.39, 0.29) is 0 Å². The molecular formula is C10H9BrFN3O. The van der Waals surface area contributed by atoms with E-state index in [1.54, 1.807) is 18.2 Å². The van der Waals surface area contributed by atoms with Crippen molar-refractivity contribution in [3.63, 3.8) is 0 Å². The summed E-state index contributed by atoms with van der Waals surface area (Å²) in [7, 11) is 1.48. The highest BCUT2D eigenvalue weighted by atomic mass is 79.9. The van der Waals surface area contributed by atoms with Gasteiger partial charge in [-0.05, 0) is 28.1 Å². The molecule has 6 heteroatoms. The van der Waals surface area contributed by atoms with E-state index in [0.717, 1.165) is 0 Å². The molecule has 0 saturated heterocycles. The molecule has 84 valence electrons. The third-order valence-electron chi connectivity index (χ3n) is 2.14. The number of hydrogen-bond acceptors (Lipinski definition) is 3. The van der Waals surface area contributed by atoms with Crippen molar-refractivity contribution in [1.82, 2.24) is 10.2 Å². The highest BCUT2D eigenvalue weighted by molar-refractivity contribution is 9.10. The molecule has 1 heterocycles. The van der Waals surface area contributed by atoms with Gasteiger partial charge in [-0.3, -0.25) is 5.10 Å². The Bertz CT molecular complexity index is 527. The number of nitrogen functional groups attached to an aromatic ring is 1. The van der Waals surface area contributed by atoms with Gasteiger partial charge in [0.05, 0.1) is 22.8 Å². The largest absolute Gasteiger partial charge is 0.496 e. The molecule has 0 radical (unpaired) electrons. The summed E-state index contributed by atoms with van der Waals surface area (Å²) in [6.07, 6.45) is 0. The maximum absolute atomic E-state index is 13.9. The van der Waals surface area contributed by atoms with Crippen molar-refractivity contribution in [3.8, 4) is 17.0 Å². The minimum atomic E-state index is -0.414. The number of nitrogens with two attached hydrogens (primary N) is 1. The molecule has 1 aromatic heterocycles. The third kappa shape index (κ3) is 1.76. The Morgan fingerprint density at radius 3 is 2.81 bits per heavy atom. The lowest BCUT2D eigenvalue weighted by Crippen LogP contribution is -1.93. The molecule has 0 aliphatic heterocycles. The molecule has 0 aliphatic carbocycles. The van der Waals surface area contributed by atoms with Gasteiger partial charge in [0.1, 0.15) is 17.4 Å². The monoisotopic (exact) mass is 285 g/mol. The molecule has 2 aromatic rings. The molecule has 0 spiro atoms. The molecular weight excluding hydrogens is 277 g/mol. The van der Waals surface area contributed by atoms with Gasteiger partial charge in [0.15, 0.2) is 0 Å². The first-order chi connectivity index (χ1) is 7.63. The fourth-order valence-corrected chi connectivity index (χ4v) is 1.75. The molecule has 4 nitrogen and oxygen atoms in total. The number of rotatable bonds is 2. The first-order valence-corrected chi connectivity index (χ1v) is 5.26. The zero-order valence-electron chi connectivity index (χ0n) is 8.42. The number of H-pyrrole nitrogens is 1. The van der Waals surface area contributed by atoms with Crippen molar-refractivity contribution < 1.29 is 9.13 Å². The average molecular weight is 286 g/mol. The maximum atomic E-state index is 13.9. The van der Waals surface area contributed by atoms with Crippen LogP contribution in [0.25, 0.3) is 11.3 Å². The van der Waals surface area contributed by atoms with Crippen LogP contribution >= 0.6 is 15.9 Å². The quantitative estimate of drug-likeness (QED) is 0.891. The van der Waals surface area contributed by atoms with Gasteiger partial charge in [0.2, 0.25) is 0 Å². The van der Waals surface area contributed by atoms with E-state index in [4.69, 9.17) is 10.5 Å². The Morgan fingerprint density at radius 2 is 2.25 bits per heavy atom. The summed E-state index contributed by atoms with van der Waals surface area (Å²) >= 11 is 3.12. The Morgan fingerprint density at radius 1 is 1.50 bits per heavy atom. The number of aromatic amines is 1. The van der Waals surface area contributed by atoms with Gasteiger partial charge < -0.3 is 10.5 Å². The summed E-state index contributed by atoms with van der Waals surface area (Å²) in [4.78, 5) is 0. The number of nitrogens with zero attached hydrogens (tertiary/aromatic N) is 1. The van der Waals surface area contributed by atoms with Crippen LogP contribution in [0.3, 0.4) is 0 Å². The molecule has 16 heavy (non-hydrogen) atoms. The molecule has 2 rings (SSSR count). The predicted molar refractivity (Wildman–Crippen MR) is 62.6 cm³/mol. The van der Waals surface area contributed by atoms with E-state index in [9.17, 15) is 4.39 Å². The highest BCUT2D eigenvalue weighted by Gasteiger charge is 2.16. The van der Waals surface area contributed by atoms with Crippen LogP contribution in [0.5, 0.6) is 5.75 Å². The van der Waals surface area contributed by atoms with Crippen molar-refractivity contribution >= 4 is 21.7 Å². The number of anilines is 1. The number of methoxy groups -OCH3 is 1. The van der Waals surface area contributed by atoms with Crippen LogP contribution < -0.4 is 10.5 Å². The van der Waals surface area contributed by atoms with Crippen molar-refractivity contribution in [2.45, 2.75) is 0 Å². The summed E-state index contributed by atoms with van der Waals surface area (Å²) in [6, 6.07) is 4.80. The Labute approximate surface area is 99.7 Å². The first kappa shape index (κ1) is 10.9. The lowest BCUT2D eigenvalue weighted by Gasteiger charge is -2.08. The van der Waals surface area contributed by atoms with Gasteiger partial charge in [-0.15, -0.1) is 0 Å². The summed E-state index contributed by atoms with van der Waals surface area (Å²) in [5.74, 6) is 0.309. The van der Waals surface area contributed by atoms with Crippen LogP contribution in [0.2, 0.25) is 0 Å². The van der Waals surface area contributed by atoms with Crippen LogP contribution in [0.4, 0.5) is 10.2 Å². The maximum Gasteiger partial charge on any atom is 0.150 e. The van der Waals surface area contributed by atoms with Crippen molar-refractivity contribution in [1.29, 1.82) is 0 Å². The third-order valence-corrected chi connectivity index (χ3v) is 2.76. The number of aromatic nitrogens is 2. The smallest absolute Gasteiger partial charge is 0.150 e. The van der Waals surface area contributed by atoms with E-state index < -0.39 is 5.82 Å². The zero-order valence-corrected chi connectivity index (χ0v) is 10.0. The van der Waals surface area contributed by atoms with Crippen molar-refractivity contribution in [2.24, 2.45) is 0 Å². The van der Waals surface area contributed by atoms with Gasteiger partial charge >= 0.3 is 0 Å². The minimum Gasteiger partial charge on any atom is -0.496 e. The van der Waals surface area contributed by atoms with Crippen molar-refractivity contribution in [3.05, 3.63) is 28.5 Å². The number of ether oxygens (including phenoxy) is 1. The van der Waals surface area contributed by atoms with E-state index in [1.807, 2.05) is 0 Å². The van der Waals surface area contributed by atoms with Gasteiger partial charge in [0, 0.05) is 6.07 Å². The van der Waals surface area contributed by atoms with E-state index in [1.165, 1.54) is 7.11 Å². The normalized spacial score (nSPS) is 10.4. The molecule has 0 saturated carbocycles. The molecule has 1 aromatic carbocycles. The van der Waals surface area contributed by atoms with Gasteiger partial charge in [-0.1, -0.05) is 0 Å². The van der Waals surface area contributed by atoms with Gasteiger partial charge in [-0.2, -0.15) is 5.10 Å². The average Bonchev–Trinajstić information content (AvgIpc) is 2.68. The highest BCUT2D eigenvalue weighted by Crippen LogP contribution is 2.35. The molecule has 0 aliphatic rings. The molecule has 0 bridgehead atoms. The second-order valence-corrected chi connectivity index (χ2v) is 4.00. The fourth-order valence-electron chi connectivity index (χ4n) is 1.42. The number of nitrogens with one attached hydrogen (secondary N) is 1. The Hall–Kier alpha value is -1.56. The number of halogens is 2. The van der Waals surface area contributed by atoms with E-state index in [2.05, 4.69) is 26.1 Å². The molecule has 0 amide bonds. The van der Waals surface area contributed by atoms with Crippen LogP contribution in [-0.4, -0.2) is 17.3 Å².